The van der Waals surface area contributed by atoms with Crippen LogP contribution in [0.1, 0.15) is 70.6 Å². The zero-order valence-corrected chi connectivity index (χ0v) is 14.3. The van der Waals surface area contributed by atoms with Crippen LogP contribution in [0.5, 0.6) is 0 Å². The number of hydrazine groups is 1. The first-order valence-corrected chi connectivity index (χ1v) is 10.1. The van der Waals surface area contributed by atoms with Crippen LogP contribution in [0.25, 0.3) is 0 Å². The predicted octanol–water partition coefficient (Wildman–Crippen LogP) is 3.41. The van der Waals surface area contributed by atoms with Gasteiger partial charge in [0.05, 0.1) is 0 Å². The van der Waals surface area contributed by atoms with Crippen LogP contribution in [0.15, 0.2) is 0 Å². The standard InChI is InChI=1S/C19H35N3/c1-2-7-17-15-21(13-10-16(17)6-1)11-5-8-18-14-19-9-3-4-12-22(19)20-18/h16-20H,1-15H2. The second-order valence-electron chi connectivity index (χ2n) is 8.44. The fourth-order valence-corrected chi connectivity index (χ4v) is 5.65. The maximum Gasteiger partial charge on any atom is 0.0259 e. The van der Waals surface area contributed by atoms with Gasteiger partial charge in [-0.25, -0.2) is 5.01 Å². The van der Waals surface area contributed by atoms with Crippen LogP contribution in [0, 0.1) is 11.8 Å². The van der Waals surface area contributed by atoms with E-state index in [0.29, 0.717) is 0 Å². The highest BCUT2D eigenvalue weighted by Crippen LogP contribution is 2.36. The van der Waals surface area contributed by atoms with Crippen molar-refractivity contribution in [2.75, 3.05) is 26.2 Å². The Bertz CT molecular complexity index is 345. The molecule has 0 aromatic rings. The molecule has 3 saturated heterocycles. The lowest BCUT2D eigenvalue weighted by molar-refractivity contribution is 0.0847. The van der Waals surface area contributed by atoms with Crippen LogP contribution in [-0.2, 0) is 0 Å². The second kappa shape index (κ2) is 7.19. The molecule has 4 unspecified atom stereocenters. The Kier molecular flexibility index (Phi) is 5.04. The lowest BCUT2D eigenvalue weighted by Gasteiger charge is -2.41. The highest BCUT2D eigenvalue weighted by atomic mass is 15.6. The lowest BCUT2D eigenvalue weighted by Crippen LogP contribution is -2.43. The Morgan fingerprint density at radius 3 is 2.64 bits per heavy atom. The normalized spacial score (nSPS) is 40.4. The van der Waals surface area contributed by atoms with Gasteiger partial charge in [-0.1, -0.05) is 25.7 Å². The number of nitrogens with one attached hydrogen (secondary N) is 1. The zero-order valence-electron chi connectivity index (χ0n) is 14.3. The quantitative estimate of drug-likeness (QED) is 0.858. The number of fused-ring (bicyclic) bond motifs is 2. The minimum atomic E-state index is 0.773. The highest BCUT2D eigenvalue weighted by molar-refractivity contribution is 4.87. The lowest BCUT2D eigenvalue weighted by atomic mass is 9.75. The molecule has 0 aromatic heterocycles. The van der Waals surface area contributed by atoms with E-state index in [1.807, 2.05) is 0 Å². The molecule has 4 rings (SSSR count). The summed E-state index contributed by atoms with van der Waals surface area (Å²) in [7, 11) is 0. The van der Waals surface area contributed by atoms with E-state index in [2.05, 4.69) is 15.3 Å². The molecule has 3 aliphatic heterocycles. The summed E-state index contributed by atoms with van der Waals surface area (Å²) in [6, 6.07) is 1.63. The van der Waals surface area contributed by atoms with E-state index < -0.39 is 0 Å². The molecular formula is C19H35N3. The van der Waals surface area contributed by atoms with Gasteiger partial charge in [-0.05, 0) is 69.9 Å². The van der Waals surface area contributed by atoms with E-state index in [-0.39, 0.29) is 0 Å². The second-order valence-corrected chi connectivity index (χ2v) is 8.44. The van der Waals surface area contributed by atoms with E-state index in [9.17, 15) is 0 Å². The van der Waals surface area contributed by atoms with Crippen LogP contribution >= 0.6 is 0 Å². The largest absolute Gasteiger partial charge is 0.303 e. The van der Waals surface area contributed by atoms with Crippen molar-refractivity contribution in [1.82, 2.24) is 15.3 Å². The van der Waals surface area contributed by atoms with E-state index >= 15 is 0 Å². The van der Waals surface area contributed by atoms with Crippen molar-refractivity contribution in [2.45, 2.75) is 82.7 Å². The summed E-state index contributed by atoms with van der Waals surface area (Å²) >= 11 is 0. The van der Waals surface area contributed by atoms with Crippen LogP contribution in [0.4, 0.5) is 0 Å². The molecule has 0 bridgehead atoms. The van der Waals surface area contributed by atoms with Crippen LogP contribution in [0.2, 0.25) is 0 Å². The van der Waals surface area contributed by atoms with Crippen molar-refractivity contribution < 1.29 is 0 Å². The zero-order chi connectivity index (χ0) is 14.8. The van der Waals surface area contributed by atoms with Crippen molar-refractivity contribution in [3.05, 3.63) is 0 Å². The fraction of sp³-hybridized carbons (Fsp3) is 1.00. The van der Waals surface area contributed by atoms with Gasteiger partial charge in [0.25, 0.3) is 0 Å². The van der Waals surface area contributed by atoms with E-state index in [0.717, 1.165) is 23.9 Å². The molecule has 3 heterocycles. The summed E-state index contributed by atoms with van der Waals surface area (Å²) < 4.78 is 0. The Balaban J connectivity index is 1.16. The molecule has 3 heteroatoms. The number of likely N-dealkylation sites (tertiary alicyclic amines) is 1. The van der Waals surface area contributed by atoms with Gasteiger partial charge >= 0.3 is 0 Å². The van der Waals surface area contributed by atoms with E-state index in [1.54, 1.807) is 0 Å². The number of hydrogen-bond acceptors (Lipinski definition) is 3. The first kappa shape index (κ1) is 15.4. The van der Waals surface area contributed by atoms with Gasteiger partial charge in [0, 0.05) is 25.2 Å². The van der Waals surface area contributed by atoms with Gasteiger partial charge in [0.2, 0.25) is 0 Å². The summed E-state index contributed by atoms with van der Waals surface area (Å²) in [6.07, 6.45) is 16.0. The summed E-state index contributed by atoms with van der Waals surface area (Å²) in [4.78, 5) is 2.79. The molecule has 4 atom stereocenters. The van der Waals surface area contributed by atoms with Gasteiger partial charge in [-0.2, -0.15) is 0 Å². The van der Waals surface area contributed by atoms with Crippen molar-refractivity contribution in [3.8, 4) is 0 Å². The summed E-state index contributed by atoms with van der Waals surface area (Å²) in [5.74, 6) is 2.12. The number of rotatable bonds is 4. The Hall–Kier alpha value is -0.120. The molecule has 0 amide bonds. The fourth-order valence-electron chi connectivity index (χ4n) is 5.65. The highest BCUT2D eigenvalue weighted by Gasteiger charge is 2.33. The van der Waals surface area contributed by atoms with Crippen molar-refractivity contribution in [3.63, 3.8) is 0 Å². The minimum absolute atomic E-state index is 0.773. The third-order valence-electron chi connectivity index (χ3n) is 6.93. The molecule has 0 radical (unpaired) electrons. The van der Waals surface area contributed by atoms with Crippen molar-refractivity contribution >= 4 is 0 Å². The summed E-state index contributed by atoms with van der Waals surface area (Å²) in [5.41, 5.74) is 3.79. The molecule has 3 nitrogen and oxygen atoms in total. The molecule has 4 aliphatic rings. The van der Waals surface area contributed by atoms with Crippen molar-refractivity contribution in [1.29, 1.82) is 0 Å². The topological polar surface area (TPSA) is 18.5 Å². The SMILES string of the molecule is C1CCC2CN(CCCC3CC4CCCCN4N3)CCC2C1. The molecular weight excluding hydrogens is 270 g/mol. The molecule has 4 fully saturated rings. The first-order valence-electron chi connectivity index (χ1n) is 10.1. The van der Waals surface area contributed by atoms with Crippen LogP contribution < -0.4 is 5.43 Å². The maximum absolute atomic E-state index is 3.79. The Labute approximate surface area is 136 Å². The molecule has 1 saturated carbocycles. The van der Waals surface area contributed by atoms with Crippen LogP contribution in [0.3, 0.4) is 0 Å². The molecule has 1 N–H and O–H groups in total. The van der Waals surface area contributed by atoms with Crippen molar-refractivity contribution in [2.24, 2.45) is 11.8 Å². The molecule has 1 aliphatic carbocycles. The molecule has 0 spiro atoms. The molecule has 22 heavy (non-hydrogen) atoms. The van der Waals surface area contributed by atoms with Gasteiger partial charge in [0.1, 0.15) is 0 Å². The molecule has 126 valence electrons. The van der Waals surface area contributed by atoms with Crippen LogP contribution in [-0.4, -0.2) is 48.2 Å². The third kappa shape index (κ3) is 3.52. The number of hydrogen-bond donors (Lipinski definition) is 1. The maximum atomic E-state index is 3.79. The first-order chi connectivity index (χ1) is 10.9. The number of piperidine rings is 2. The van der Waals surface area contributed by atoms with E-state index in [1.165, 1.54) is 96.8 Å². The van der Waals surface area contributed by atoms with Gasteiger partial charge < -0.3 is 4.90 Å². The van der Waals surface area contributed by atoms with Gasteiger partial charge in [0.15, 0.2) is 0 Å². The monoisotopic (exact) mass is 305 g/mol. The van der Waals surface area contributed by atoms with E-state index in [4.69, 9.17) is 0 Å². The average molecular weight is 306 g/mol. The van der Waals surface area contributed by atoms with Gasteiger partial charge in [-0.15, -0.1) is 0 Å². The Morgan fingerprint density at radius 1 is 0.864 bits per heavy atom. The Morgan fingerprint density at radius 2 is 1.73 bits per heavy atom. The number of nitrogens with zero attached hydrogens (tertiary/aromatic N) is 2. The summed E-state index contributed by atoms with van der Waals surface area (Å²) in [5, 5.41) is 2.56. The average Bonchev–Trinajstić information content (AvgIpc) is 2.97. The minimum Gasteiger partial charge on any atom is -0.303 e. The third-order valence-corrected chi connectivity index (χ3v) is 6.93. The molecule has 0 aromatic carbocycles. The van der Waals surface area contributed by atoms with Gasteiger partial charge in [-0.3, -0.25) is 5.43 Å². The smallest absolute Gasteiger partial charge is 0.0259 e. The summed E-state index contributed by atoms with van der Waals surface area (Å²) in [6.45, 7) is 5.44. The predicted molar refractivity (Wildman–Crippen MR) is 91.6 cm³/mol.